The zero-order valence-electron chi connectivity index (χ0n) is 18.9. The third-order valence-corrected chi connectivity index (χ3v) is 8.58. The van der Waals surface area contributed by atoms with Gasteiger partial charge in [0, 0.05) is 43.5 Å². The van der Waals surface area contributed by atoms with Crippen molar-refractivity contribution in [1.82, 2.24) is 19.8 Å². The summed E-state index contributed by atoms with van der Waals surface area (Å²) in [6.45, 7) is 2.26. The summed E-state index contributed by atoms with van der Waals surface area (Å²) in [6, 6.07) is 5.39. The Labute approximate surface area is 213 Å². The molecule has 5 rings (SSSR count). The number of nitrogens with one attached hydrogen (secondary N) is 1. The normalized spacial score (nSPS) is 16.6. The van der Waals surface area contributed by atoms with E-state index in [2.05, 4.69) is 20.2 Å². The van der Waals surface area contributed by atoms with Crippen molar-refractivity contribution in [3.05, 3.63) is 51.0 Å². The second-order valence-electron chi connectivity index (χ2n) is 8.55. The molecule has 0 fully saturated rings. The van der Waals surface area contributed by atoms with Crippen LogP contribution in [0.25, 0.3) is 10.6 Å². The molecule has 184 valence electrons. The van der Waals surface area contributed by atoms with Crippen LogP contribution in [0.1, 0.15) is 26.4 Å². The van der Waals surface area contributed by atoms with Crippen LogP contribution in [0.4, 0.5) is 24.8 Å². The van der Waals surface area contributed by atoms with Crippen molar-refractivity contribution in [2.45, 2.75) is 24.0 Å². The number of carbonyl (C=O) groups excluding carboxylic acids is 1. The summed E-state index contributed by atoms with van der Waals surface area (Å²) in [7, 11) is 3.71. The van der Waals surface area contributed by atoms with Crippen LogP contribution in [0.5, 0.6) is 0 Å². The van der Waals surface area contributed by atoms with Crippen molar-refractivity contribution < 1.29 is 18.0 Å². The number of hydrogen-bond acceptors (Lipinski definition) is 7. The lowest BCUT2D eigenvalue weighted by Crippen LogP contribution is -2.26. The minimum atomic E-state index is -4.66. The lowest BCUT2D eigenvalue weighted by molar-refractivity contribution is -0.137. The van der Waals surface area contributed by atoms with Gasteiger partial charge in [-0.25, -0.2) is 9.97 Å². The van der Waals surface area contributed by atoms with Gasteiger partial charge < -0.3 is 15.1 Å². The van der Waals surface area contributed by atoms with E-state index in [1.807, 2.05) is 19.2 Å². The van der Waals surface area contributed by atoms with Gasteiger partial charge in [-0.15, -0.1) is 23.1 Å². The van der Waals surface area contributed by atoms with Gasteiger partial charge in [-0.1, -0.05) is 11.6 Å². The lowest BCUT2D eigenvalue weighted by atomic mass is 9.99. The summed E-state index contributed by atoms with van der Waals surface area (Å²) in [5, 5.41) is 3.45. The van der Waals surface area contributed by atoms with E-state index in [0.29, 0.717) is 32.8 Å². The molecule has 0 aliphatic carbocycles. The topological polar surface area (TPSA) is 61.4 Å². The fourth-order valence-electron chi connectivity index (χ4n) is 4.09. The van der Waals surface area contributed by atoms with Gasteiger partial charge in [0.15, 0.2) is 0 Å². The van der Waals surface area contributed by atoms with E-state index in [9.17, 15) is 18.0 Å². The maximum Gasteiger partial charge on any atom is 0.420 e. The van der Waals surface area contributed by atoms with Crippen LogP contribution in [-0.4, -0.2) is 58.6 Å². The molecule has 1 aromatic carbocycles. The molecule has 1 N–H and O–H groups in total. The van der Waals surface area contributed by atoms with Gasteiger partial charge in [0.25, 0.3) is 5.91 Å². The Kier molecular flexibility index (Phi) is 6.45. The first kappa shape index (κ1) is 24.4. The summed E-state index contributed by atoms with van der Waals surface area (Å²) in [5.41, 5.74) is 1.56. The van der Waals surface area contributed by atoms with Crippen LogP contribution in [0, 0.1) is 0 Å². The average Bonchev–Trinajstić information content (AvgIpc) is 3.17. The molecule has 35 heavy (non-hydrogen) atoms. The number of nitrogens with zero attached hydrogens (tertiary/aromatic N) is 4. The van der Waals surface area contributed by atoms with Crippen molar-refractivity contribution >= 4 is 52.2 Å². The number of fused-ring (bicyclic) bond motifs is 2. The zero-order chi connectivity index (χ0) is 24.9. The molecule has 3 aromatic rings. The maximum atomic E-state index is 13.9. The predicted molar refractivity (Wildman–Crippen MR) is 133 cm³/mol. The molecule has 0 atom stereocenters. The summed E-state index contributed by atoms with van der Waals surface area (Å²) in [4.78, 5) is 26.0. The molecule has 4 heterocycles. The third-order valence-electron chi connectivity index (χ3n) is 5.99. The van der Waals surface area contributed by atoms with Crippen LogP contribution in [-0.2, 0) is 19.1 Å². The highest BCUT2D eigenvalue weighted by Gasteiger charge is 2.37. The molecule has 2 aliphatic rings. The van der Waals surface area contributed by atoms with Gasteiger partial charge >= 0.3 is 6.18 Å². The van der Waals surface area contributed by atoms with Gasteiger partial charge in [-0.3, -0.25) is 4.79 Å². The highest BCUT2D eigenvalue weighted by atomic mass is 35.5. The summed E-state index contributed by atoms with van der Waals surface area (Å²) >= 11 is 8.94. The number of halogens is 4. The Balaban J connectivity index is 1.54. The number of rotatable bonds is 3. The van der Waals surface area contributed by atoms with Crippen LogP contribution in [0.2, 0.25) is 5.02 Å². The first-order chi connectivity index (χ1) is 16.6. The molecule has 0 saturated heterocycles. The smallest absolute Gasteiger partial charge is 0.340 e. The minimum Gasteiger partial charge on any atom is -0.340 e. The molecule has 6 nitrogen and oxygen atoms in total. The largest absolute Gasteiger partial charge is 0.420 e. The van der Waals surface area contributed by atoms with Crippen LogP contribution < -0.4 is 5.32 Å². The monoisotopic (exact) mass is 539 g/mol. The molecule has 2 aromatic heterocycles. The van der Waals surface area contributed by atoms with E-state index in [-0.39, 0.29) is 22.4 Å². The first-order valence-corrected chi connectivity index (χ1v) is 13.0. The van der Waals surface area contributed by atoms with Gasteiger partial charge in [0.2, 0.25) is 5.95 Å². The molecular weight excluding hydrogens is 519 g/mol. The van der Waals surface area contributed by atoms with Crippen molar-refractivity contribution in [2.75, 3.05) is 38.3 Å². The van der Waals surface area contributed by atoms with E-state index >= 15 is 0 Å². The summed E-state index contributed by atoms with van der Waals surface area (Å²) in [6.07, 6.45) is -3.00. The Morgan fingerprint density at radius 1 is 1.14 bits per heavy atom. The molecule has 12 heteroatoms. The standard InChI is InChI=1S/C23H21ClF3N5OS2/c1-31-4-3-12-7-15(24)16(8-13(12)11-31)29-22-28-10-14(23(25,26)27)19(30-22)17-9-18-20(35-17)21(33)32(2)5-6-34-18/h7-10H,3-6,11H2,1-2H3,(H,28,29,30). The number of aromatic nitrogens is 2. The Morgan fingerprint density at radius 2 is 1.94 bits per heavy atom. The molecule has 1 amide bonds. The Hall–Kier alpha value is -2.34. The first-order valence-electron chi connectivity index (χ1n) is 10.8. The fourth-order valence-corrected chi connectivity index (χ4v) is 6.75. The highest BCUT2D eigenvalue weighted by molar-refractivity contribution is 7.99. The highest BCUT2D eigenvalue weighted by Crippen LogP contribution is 2.43. The zero-order valence-corrected chi connectivity index (χ0v) is 21.3. The van der Waals surface area contributed by atoms with Gasteiger partial charge in [-0.2, -0.15) is 13.2 Å². The Morgan fingerprint density at radius 3 is 2.71 bits per heavy atom. The third kappa shape index (κ3) is 4.87. The van der Waals surface area contributed by atoms with Crippen molar-refractivity contribution in [2.24, 2.45) is 0 Å². The fraction of sp³-hybridized carbons (Fsp3) is 0.348. The molecule has 0 radical (unpaired) electrons. The number of thiophene rings is 1. The molecule has 0 spiro atoms. The number of carbonyl (C=O) groups is 1. The number of hydrogen-bond donors (Lipinski definition) is 1. The molecule has 2 aliphatic heterocycles. The molecular formula is C23H21ClF3N5OS2. The number of anilines is 2. The Bertz CT molecular complexity index is 1310. The summed E-state index contributed by atoms with van der Waals surface area (Å²) < 4.78 is 41.6. The second kappa shape index (κ2) is 9.27. The van der Waals surface area contributed by atoms with Crippen LogP contribution in [0.3, 0.4) is 0 Å². The van der Waals surface area contributed by atoms with Crippen molar-refractivity contribution in [1.29, 1.82) is 0 Å². The number of likely N-dealkylation sites (N-methyl/N-ethyl adjacent to an activating group) is 1. The van der Waals surface area contributed by atoms with Crippen molar-refractivity contribution in [3.63, 3.8) is 0 Å². The SMILES string of the molecule is CN1CCc2cc(Cl)c(Nc3ncc(C(F)(F)F)c(-c4cc5c(s4)C(=O)N(C)CCS5)n3)cc2C1. The maximum absolute atomic E-state index is 13.9. The van der Waals surface area contributed by atoms with Gasteiger partial charge in [0.1, 0.15) is 10.4 Å². The van der Waals surface area contributed by atoms with Gasteiger partial charge in [-0.05, 0) is 42.8 Å². The quantitative estimate of drug-likeness (QED) is 0.455. The van der Waals surface area contributed by atoms with Gasteiger partial charge in [0.05, 0.1) is 21.3 Å². The second-order valence-corrected chi connectivity index (χ2v) is 11.1. The van der Waals surface area contributed by atoms with Crippen molar-refractivity contribution in [3.8, 4) is 10.6 Å². The number of thioether (sulfide) groups is 1. The van der Waals surface area contributed by atoms with Crippen LogP contribution in [0.15, 0.2) is 29.3 Å². The van der Waals surface area contributed by atoms with E-state index in [4.69, 9.17) is 11.6 Å². The number of alkyl halides is 3. The molecule has 0 unspecified atom stereocenters. The van der Waals surface area contributed by atoms with E-state index < -0.39 is 11.7 Å². The predicted octanol–water partition coefficient (Wildman–Crippen LogP) is 5.79. The average molecular weight is 540 g/mol. The number of benzene rings is 1. The molecule has 0 saturated carbocycles. The lowest BCUT2D eigenvalue weighted by Gasteiger charge is -2.26. The van der Waals surface area contributed by atoms with E-state index in [0.717, 1.165) is 48.2 Å². The molecule has 0 bridgehead atoms. The van der Waals surface area contributed by atoms with E-state index in [1.54, 1.807) is 18.0 Å². The minimum absolute atomic E-state index is 0.00120. The van der Waals surface area contributed by atoms with Crippen LogP contribution >= 0.6 is 34.7 Å². The summed E-state index contributed by atoms with van der Waals surface area (Å²) in [5.74, 6) is 0.465. The number of amides is 1. The van der Waals surface area contributed by atoms with E-state index in [1.165, 1.54) is 11.8 Å².